The highest BCUT2D eigenvalue weighted by Gasteiger charge is 2.51. The summed E-state index contributed by atoms with van der Waals surface area (Å²) in [5.41, 5.74) is 11.0. The highest BCUT2D eigenvalue weighted by Crippen LogP contribution is 2.46. The van der Waals surface area contributed by atoms with Crippen LogP contribution in [0, 0.1) is 0 Å². The van der Waals surface area contributed by atoms with E-state index >= 15 is 0 Å². The summed E-state index contributed by atoms with van der Waals surface area (Å²) in [6, 6.07) is -2.90. The average molecular weight is 671 g/mol. The summed E-state index contributed by atoms with van der Waals surface area (Å²) in [4.78, 5) is 58.3. The second kappa shape index (κ2) is 10.8. The third-order valence-corrected chi connectivity index (χ3v) is 9.80. The van der Waals surface area contributed by atoms with Crippen molar-refractivity contribution in [2.24, 2.45) is 0 Å². The lowest BCUT2D eigenvalue weighted by Gasteiger charge is -2.33. The first-order valence-electron chi connectivity index (χ1n) is 13.1. The Labute approximate surface area is 249 Å². The van der Waals surface area contributed by atoms with Gasteiger partial charge in [-0.3, -0.25) is 28.0 Å². The quantitative estimate of drug-likeness (QED) is 0.0946. The van der Waals surface area contributed by atoms with Crippen LogP contribution in [-0.4, -0.2) is 104 Å². The summed E-state index contributed by atoms with van der Waals surface area (Å²) in [5, 5.41) is 26.8. The van der Waals surface area contributed by atoms with E-state index in [4.69, 9.17) is 30.0 Å². The molecule has 0 radical (unpaired) electrons. The predicted octanol–water partition coefficient (Wildman–Crippen LogP) is -3.83. The summed E-state index contributed by atoms with van der Waals surface area (Å²) in [5.74, 6) is -0.200. The SMILES string of the molecule is Nc1nc2c(ncn2[C@@H]2O[C@@H]3COP(=O)([O-])N[C@@H]4C(O)[C@H](n5cnc6c(N)ncnc65)O[C@@H]4COP(=O)(O)N[C@@H]3C2O)c(=O)[nH]1. The number of hydrogen-bond donors (Lipinski definition) is 8. The van der Waals surface area contributed by atoms with Crippen molar-refractivity contribution in [2.45, 2.75) is 49.0 Å². The molecule has 4 aromatic rings. The minimum Gasteiger partial charge on any atom is -0.766 e. The lowest BCUT2D eigenvalue weighted by Crippen LogP contribution is -2.49. The van der Waals surface area contributed by atoms with Gasteiger partial charge in [0.2, 0.25) is 13.7 Å². The second-order valence-corrected chi connectivity index (χ2v) is 13.5. The van der Waals surface area contributed by atoms with Crippen LogP contribution >= 0.6 is 15.5 Å². The molecule has 25 heteroatoms. The van der Waals surface area contributed by atoms with Crippen LogP contribution in [0.1, 0.15) is 12.5 Å². The number of aliphatic hydroxyl groups excluding tert-OH is 2. The third-order valence-electron chi connectivity index (χ3n) is 7.58. The molecule has 7 rings (SSSR count). The Morgan fingerprint density at radius 3 is 2.18 bits per heavy atom. The predicted molar refractivity (Wildman–Crippen MR) is 145 cm³/mol. The van der Waals surface area contributed by atoms with E-state index in [1.807, 2.05) is 0 Å². The Hall–Kier alpha value is -3.44. The number of fused-ring (bicyclic) bond motifs is 4. The van der Waals surface area contributed by atoms with Crippen LogP contribution in [-0.2, 0) is 27.7 Å². The van der Waals surface area contributed by atoms with Crippen LogP contribution < -0.4 is 32.1 Å². The number of nitrogens with one attached hydrogen (secondary N) is 3. The minimum absolute atomic E-state index is 0.0522. The lowest BCUT2D eigenvalue weighted by atomic mass is 10.1. The van der Waals surface area contributed by atoms with Gasteiger partial charge in [-0.1, -0.05) is 0 Å². The van der Waals surface area contributed by atoms with Crippen LogP contribution in [0.4, 0.5) is 11.8 Å². The number of aromatic amines is 1. The largest absolute Gasteiger partial charge is 0.766 e. The van der Waals surface area contributed by atoms with Gasteiger partial charge in [0, 0.05) is 0 Å². The molecule has 4 unspecified atom stereocenters. The van der Waals surface area contributed by atoms with Crippen LogP contribution in [0.5, 0.6) is 0 Å². The number of rotatable bonds is 2. The number of aromatic nitrogens is 8. The molecule has 3 saturated heterocycles. The van der Waals surface area contributed by atoms with E-state index in [2.05, 4.69) is 40.1 Å². The molecule has 0 amide bonds. The van der Waals surface area contributed by atoms with Crippen LogP contribution in [0.25, 0.3) is 22.3 Å². The molecule has 242 valence electrons. The number of nitrogens with two attached hydrogens (primary N) is 2. The molecule has 0 bridgehead atoms. The number of nitrogen functional groups attached to an aromatic ring is 2. The number of nitrogens with zero attached hydrogens (tertiary/aromatic N) is 7. The van der Waals surface area contributed by atoms with Gasteiger partial charge < -0.3 is 45.5 Å². The smallest absolute Gasteiger partial charge is 0.403 e. The van der Waals surface area contributed by atoms with E-state index in [-0.39, 0.29) is 34.1 Å². The fraction of sp³-hybridized carbons (Fsp3) is 0.500. The highest BCUT2D eigenvalue weighted by molar-refractivity contribution is 7.50. The molecular formula is C20H25N12O11P2-. The maximum atomic E-state index is 13.2. The van der Waals surface area contributed by atoms with Gasteiger partial charge in [-0.2, -0.15) is 4.98 Å². The number of aliphatic hydroxyl groups is 2. The number of ether oxygens (including phenoxy) is 2. The van der Waals surface area contributed by atoms with Crippen molar-refractivity contribution in [3.63, 3.8) is 0 Å². The summed E-state index contributed by atoms with van der Waals surface area (Å²) < 4.78 is 50.9. The molecule has 10 N–H and O–H groups in total. The molecule has 0 spiro atoms. The standard InChI is InChI=1S/C20H26N12O11P2/c21-14-10-15(24-3-23-14)31(4-25-10)18-12(33)8-6(42-18)1-40-45(38,39)30-9-7(2-41-44(36,37)29-8)43-19(13(9)34)32-5-26-11-16(32)27-20(22)28-17(11)35/h3-9,12-13,18-19,33-34H,1-2H2,(H2,21,23,24)(H2,29,36,37)(H2,30,38,39)(H3,22,27,28,35)/p-1/t6-,7-,8+,9+,12?,13?,18-,19-/m1/s1. The summed E-state index contributed by atoms with van der Waals surface area (Å²) in [6.07, 6.45) is -5.13. The monoisotopic (exact) mass is 671 g/mol. The van der Waals surface area contributed by atoms with Gasteiger partial charge in [-0.25, -0.2) is 34.7 Å². The van der Waals surface area contributed by atoms with Gasteiger partial charge in [0.25, 0.3) is 5.56 Å². The summed E-state index contributed by atoms with van der Waals surface area (Å²) in [7, 11) is -9.81. The summed E-state index contributed by atoms with van der Waals surface area (Å²) in [6.45, 7) is -1.49. The molecule has 3 fully saturated rings. The second-order valence-electron chi connectivity index (χ2n) is 10.4. The summed E-state index contributed by atoms with van der Waals surface area (Å²) >= 11 is 0. The van der Waals surface area contributed by atoms with Gasteiger partial charge in [-0.05, 0) is 0 Å². The Kier molecular flexibility index (Phi) is 7.27. The molecule has 7 heterocycles. The maximum absolute atomic E-state index is 13.2. The van der Waals surface area contributed by atoms with Crippen molar-refractivity contribution in [3.8, 4) is 0 Å². The molecule has 3 aliphatic rings. The molecule has 0 saturated carbocycles. The number of imidazole rings is 2. The van der Waals surface area contributed by atoms with E-state index in [9.17, 15) is 33.9 Å². The van der Waals surface area contributed by atoms with E-state index < -0.39 is 83.2 Å². The lowest BCUT2D eigenvalue weighted by molar-refractivity contribution is -0.206. The maximum Gasteiger partial charge on any atom is 0.403 e. The first-order valence-corrected chi connectivity index (χ1v) is 16.2. The fourth-order valence-corrected chi connectivity index (χ4v) is 7.75. The van der Waals surface area contributed by atoms with Crippen LogP contribution in [0.15, 0.2) is 23.8 Å². The Morgan fingerprint density at radius 1 is 0.889 bits per heavy atom. The Balaban J connectivity index is 1.17. The molecular weight excluding hydrogens is 646 g/mol. The zero-order valence-electron chi connectivity index (χ0n) is 22.6. The van der Waals surface area contributed by atoms with Gasteiger partial charge in [0.15, 0.2) is 35.1 Å². The van der Waals surface area contributed by atoms with Gasteiger partial charge in [0.1, 0.15) is 36.3 Å². The third kappa shape index (κ3) is 5.31. The van der Waals surface area contributed by atoms with E-state index in [0.717, 1.165) is 17.2 Å². The Bertz CT molecular complexity index is 1940. The van der Waals surface area contributed by atoms with E-state index in [0.29, 0.717) is 0 Å². The van der Waals surface area contributed by atoms with Crippen molar-refractivity contribution in [3.05, 3.63) is 29.3 Å². The minimum atomic E-state index is -5.02. The molecule has 10 atom stereocenters. The fourth-order valence-electron chi connectivity index (χ4n) is 5.53. The van der Waals surface area contributed by atoms with Gasteiger partial charge in [-0.15, -0.1) is 0 Å². The number of H-pyrrole nitrogens is 1. The average Bonchev–Trinajstić information content (AvgIpc) is 3.72. The van der Waals surface area contributed by atoms with Crippen molar-refractivity contribution < 1.29 is 47.7 Å². The van der Waals surface area contributed by atoms with E-state index in [1.165, 1.54) is 10.9 Å². The number of anilines is 2. The molecule has 4 aromatic heterocycles. The highest BCUT2D eigenvalue weighted by atomic mass is 31.2. The van der Waals surface area contributed by atoms with Crippen molar-refractivity contribution >= 4 is 49.6 Å². The Morgan fingerprint density at radius 2 is 1.49 bits per heavy atom. The zero-order valence-corrected chi connectivity index (χ0v) is 24.3. The van der Waals surface area contributed by atoms with Crippen LogP contribution in [0.2, 0.25) is 0 Å². The van der Waals surface area contributed by atoms with Gasteiger partial charge >= 0.3 is 7.75 Å². The molecule has 3 aliphatic heterocycles. The normalized spacial score (nSPS) is 37.7. The molecule has 45 heavy (non-hydrogen) atoms. The van der Waals surface area contributed by atoms with Crippen molar-refractivity contribution in [1.82, 2.24) is 49.2 Å². The first-order chi connectivity index (χ1) is 21.3. The van der Waals surface area contributed by atoms with E-state index in [1.54, 1.807) is 0 Å². The zero-order chi connectivity index (χ0) is 31.8. The number of hydrogen-bond acceptors (Lipinski definition) is 17. The molecule has 0 aliphatic carbocycles. The first kappa shape index (κ1) is 30.2. The van der Waals surface area contributed by atoms with Crippen molar-refractivity contribution in [2.75, 3.05) is 24.7 Å². The van der Waals surface area contributed by atoms with Gasteiger partial charge in [0.05, 0.1) is 38.0 Å². The van der Waals surface area contributed by atoms with Crippen LogP contribution in [0.3, 0.4) is 0 Å². The molecule has 0 aromatic carbocycles. The van der Waals surface area contributed by atoms with Crippen molar-refractivity contribution in [1.29, 1.82) is 0 Å². The molecule has 23 nitrogen and oxygen atoms in total. The topological polar surface area (TPSA) is 338 Å².